The van der Waals surface area contributed by atoms with Gasteiger partial charge in [-0.25, -0.2) is 4.39 Å². The summed E-state index contributed by atoms with van der Waals surface area (Å²) in [5.74, 6) is -1.61. The molecule has 0 heterocycles. The van der Waals surface area contributed by atoms with Gasteiger partial charge in [0, 0.05) is 6.54 Å². The molecule has 6 heteroatoms. The van der Waals surface area contributed by atoms with Crippen molar-refractivity contribution in [2.75, 3.05) is 26.3 Å². The third kappa shape index (κ3) is 6.67. The Kier molecular flexibility index (Phi) is 7.11. The lowest BCUT2D eigenvalue weighted by molar-refractivity contribution is -0.120. The summed E-state index contributed by atoms with van der Waals surface area (Å²) in [4.78, 5) is 23.1. The summed E-state index contributed by atoms with van der Waals surface area (Å²) < 4.78 is 18.5. The minimum Gasteiger partial charge on any atom is -0.375 e. The molecule has 0 bridgehead atoms. The van der Waals surface area contributed by atoms with Gasteiger partial charge in [-0.1, -0.05) is 24.3 Å². The second-order valence-corrected chi connectivity index (χ2v) is 4.52. The normalized spacial score (nSPS) is 10.0. The largest absolute Gasteiger partial charge is 0.375 e. The quantitative estimate of drug-likeness (QED) is 0.560. The van der Waals surface area contributed by atoms with Crippen molar-refractivity contribution in [3.8, 4) is 0 Å². The minimum atomic E-state index is -0.623. The Morgan fingerprint density at radius 1 is 1.29 bits per heavy atom. The molecule has 0 aromatic heterocycles. The van der Waals surface area contributed by atoms with Crippen LogP contribution in [0.3, 0.4) is 0 Å². The van der Waals surface area contributed by atoms with Crippen LogP contribution in [0.1, 0.15) is 17.3 Å². The van der Waals surface area contributed by atoms with Gasteiger partial charge in [-0.15, -0.1) is 0 Å². The maximum atomic E-state index is 13.3. The fourth-order valence-corrected chi connectivity index (χ4v) is 1.47. The lowest BCUT2D eigenvalue weighted by Crippen LogP contribution is -2.38. The summed E-state index contributed by atoms with van der Waals surface area (Å²) in [6, 6.07) is 5.59. The van der Waals surface area contributed by atoms with Crippen molar-refractivity contribution in [3.63, 3.8) is 0 Å². The maximum Gasteiger partial charge on any atom is 0.254 e. The average molecular weight is 294 g/mol. The molecule has 1 aromatic carbocycles. The number of carbonyl (C=O) groups excluding carboxylic acids is 2. The number of amides is 2. The van der Waals surface area contributed by atoms with Gasteiger partial charge in [0.05, 0.1) is 25.3 Å². The monoisotopic (exact) mass is 294 g/mol. The van der Waals surface area contributed by atoms with Gasteiger partial charge in [-0.3, -0.25) is 9.59 Å². The van der Waals surface area contributed by atoms with Crippen LogP contribution in [0.4, 0.5) is 4.39 Å². The molecule has 2 N–H and O–H groups in total. The summed E-state index contributed by atoms with van der Waals surface area (Å²) in [6.07, 6.45) is 0. The third-order valence-corrected chi connectivity index (χ3v) is 2.45. The van der Waals surface area contributed by atoms with Gasteiger partial charge in [0.1, 0.15) is 5.82 Å². The van der Waals surface area contributed by atoms with E-state index in [2.05, 4.69) is 17.2 Å². The highest BCUT2D eigenvalue weighted by Gasteiger charge is 2.11. The third-order valence-electron chi connectivity index (χ3n) is 2.45. The Hall–Kier alpha value is -2.21. The average Bonchev–Trinajstić information content (AvgIpc) is 2.44. The molecule has 114 valence electrons. The van der Waals surface area contributed by atoms with E-state index in [1.165, 1.54) is 18.2 Å². The van der Waals surface area contributed by atoms with Gasteiger partial charge >= 0.3 is 0 Å². The first-order chi connectivity index (χ1) is 10.0. The smallest absolute Gasteiger partial charge is 0.254 e. The van der Waals surface area contributed by atoms with Crippen LogP contribution >= 0.6 is 0 Å². The summed E-state index contributed by atoms with van der Waals surface area (Å²) in [5.41, 5.74) is 0.813. The molecule has 0 atom stereocenters. The number of carbonyl (C=O) groups is 2. The number of hydrogen-bond donors (Lipinski definition) is 2. The van der Waals surface area contributed by atoms with Gasteiger partial charge in [0.15, 0.2) is 0 Å². The van der Waals surface area contributed by atoms with Crippen molar-refractivity contribution in [2.24, 2.45) is 0 Å². The van der Waals surface area contributed by atoms with E-state index < -0.39 is 11.7 Å². The molecule has 2 amide bonds. The number of ether oxygens (including phenoxy) is 1. The van der Waals surface area contributed by atoms with Crippen molar-refractivity contribution in [1.82, 2.24) is 10.6 Å². The Labute approximate surface area is 123 Å². The van der Waals surface area contributed by atoms with Gasteiger partial charge in [-0.05, 0) is 19.1 Å². The first-order valence-electron chi connectivity index (χ1n) is 6.52. The Morgan fingerprint density at radius 2 is 2.00 bits per heavy atom. The van der Waals surface area contributed by atoms with Gasteiger partial charge in [0.25, 0.3) is 5.91 Å². The van der Waals surface area contributed by atoms with Crippen LogP contribution < -0.4 is 10.6 Å². The summed E-state index contributed by atoms with van der Waals surface area (Å²) in [6.45, 7) is 6.45. The predicted octanol–water partition coefficient (Wildman–Crippen LogP) is 1.26. The standard InChI is InChI=1S/C15H19FN2O3/c1-11(2)10-21-8-7-17-14(19)9-18-15(20)12-5-3-4-6-13(12)16/h3-6H,1,7-10H2,2H3,(H,17,19)(H,18,20). The van der Waals surface area contributed by atoms with Crippen molar-refractivity contribution >= 4 is 11.8 Å². The summed E-state index contributed by atoms with van der Waals surface area (Å²) in [7, 11) is 0. The first-order valence-corrected chi connectivity index (χ1v) is 6.52. The molecule has 0 spiro atoms. The lowest BCUT2D eigenvalue weighted by atomic mass is 10.2. The molecule has 5 nitrogen and oxygen atoms in total. The zero-order valence-electron chi connectivity index (χ0n) is 11.9. The second-order valence-electron chi connectivity index (χ2n) is 4.52. The molecule has 0 aliphatic carbocycles. The Balaban J connectivity index is 2.22. The number of benzene rings is 1. The van der Waals surface area contributed by atoms with Crippen LogP contribution in [0.15, 0.2) is 36.4 Å². The highest BCUT2D eigenvalue weighted by atomic mass is 19.1. The molecular formula is C15H19FN2O3. The number of halogens is 1. The fourth-order valence-electron chi connectivity index (χ4n) is 1.47. The molecule has 0 saturated carbocycles. The predicted molar refractivity (Wildman–Crippen MR) is 77.4 cm³/mol. The van der Waals surface area contributed by atoms with Gasteiger partial charge in [0.2, 0.25) is 5.91 Å². The Morgan fingerprint density at radius 3 is 2.67 bits per heavy atom. The number of rotatable bonds is 8. The van der Waals surface area contributed by atoms with E-state index in [0.717, 1.165) is 5.57 Å². The first kappa shape index (κ1) is 16.8. The van der Waals surface area contributed by atoms with Crippen LogP contribution in [-0.4, -0.2) is 38.1 Å². The van der Waals surface area contributed by atoms with Crippen molar-refractivity contribution < 1.29 is 18.7 Å². The van der Waals surface area contributed by atoms with Crippen molar-refractivity contribution in [2.45, 2.75) is 6.92 Å². The molecule has 1 rings (SSSR count). The van der Waals surface area contributed by atoms with Crippen LogP contribution in [-0.2, 0) is 9.53 Å². The van der Waals surface area contributed by atoms with Gasteiger partial charge < -0.3 is 15.4 Å². The topological polar surface area (TPSA) is 67.4 Å². The summed E-state index contributed by atoms with van der Waals surface area (Å²) >= 11 is 0. The second kappa shape index (κ2) is 8.86. The van der Waals surface area contributed by atoms with E-state index in [9.17, 15) is 14.0 Å². The van der Waals surface area contributed by atoms with Gasteiger partial charge in [-0.2, -0.15) is 0 Å². The van der Waals surface area contributed by atoms with Crippen LogP contribution in [0.25, 0.3) is 0 Å². The van der Waals surface area contributed by atoms with E-state index in [0.29, 0.717) is 19.8 Å². The molecule has 1 aromatic rings. The van der Waals surface area contributed by atoms with Crippen LogP contribution in [0.2, 0.25) is 0 Å². The lowest BCUT2D eigenvalue weighted by Gasteiger charge is -2.08. The molecule has 0 saturated heterocycles. The van der Waals surface area contributed by atoms with E-state index in [1.807, 2.05) is 6.92 Å². The minimum absolute atomic E-state index is 0.0879. The van der Waals surface area contributed by atoms with E-state index in [1.54, 1.807) is 6.07 Å². The van der Waals surface area contributed by atoms with Crippen LogP contribution in [0.5, 0.6) is 0 Å². The summed E-state index contributed by atoms with van der Waals surface area (Å²) in [5, 5.41) is 4.93. The van der Waals surface area contributed by atoms with E-state index >= 15 is 0 Å². The van der Waals surface area contributed by atoms with Crippen LogP contribution in [0, 0.1) is 5.82 Å². The molecule has 0 unspecified atom stereocenters. The Bertz CT molecular complexity index is 517. The number of nitrogens with one attached hydrogen (secondary N) is 2. The van der Waals surface area contributed by atoms with Crippen molar-refractivity contribution in [3.05, 3.63) is 47.8 Å². The fraction of sp³-hybridized carbons (Fsp3) is 0.333. The highest BCUT2D eigenvalue weighted by molar-refractivity contribution is 5.96. The molecular weight excluding hydrogens is 275 g/mol. The van der Waals surface area contributed by atoms with E-state index in [-0.39, 0.29) is 18.0 Å². The number of hydrogen-bond acceptors (Lipinski definition) is 3. The van der Waals surface area contributed by atoms with E-state index in [4.69, 9.17) is 4.74 Å². The molecule has 0 aliphatic rings. The molecule has 0 radical (unpaired) electrons. The zero-order chi connectivity index (χ0) is 15.7. The maximum absolute atomic E-state index is 13.3. The van der Waals surface area contributed by atoms with Crippen molar-refractivity contribution in [1.29, 1.82) is 0 Å². The zero-order valence-corrected chi connectivity index (χ0v) is 11.9. The SMILES string of the molecule is C=C(C)COCCNC(=O)CNC(=O)c1ccccc1F. The molecule has 0 aliphatic heterocycles. The molecule has 21 heavy (non-hydrogen) atoms. The highest BCUT2D eigenvalue weighted by Crippen LogP contribution is 2.05. The molecule has 0 fully saturated rings.